The fourth-order valence-corrected chi connectivity index (χ4v) is 2.41. The van der Waals surface area contributed by atoms with Crippen molar-refractivity contribution in [3.8, 4) is 0 Å². The van der Waals surface area contributed by atoms with Gasteiger partial charge in [-0.2, -0.15) is 0 Å². The molecular weight excluding hydrogens is 330 g/mol. The molecule has 3 rings (SSSR count). The first-order chi connectivity index (χ1) is 12.0. The molecule has 0 bridgehead atoms. The monoisotopic (exact) mass is 346 g/mol. The Morgan fingerprint density at radius 3 is 2.76 bits per heavy atom. The third-order valence-electron chi connectivity index (χ3n) is 3.70. The summed E-state index contributed by atoms with van der Waals surface area (Å²) in [6, 6.07) is 8.64. The number of hydrogen-bond acceptors (Lipinski definition) is 5. The maximum atomic E-state index is 13.5. The molecule has 1 amide bonds. The lowest BCUT2D eigenvalue weighted by Crippen LogP contribution is -2.24. The lowest BCUT2D eigenvalue weighted by Gasteiger charge is -2.16. The van der Waals surface area contributed by atoms with Crippen LogP contribution in [0.25, 0.3) is 11.0 Å². The molecule has 0 spiro atoms. The predicted octanol–water partition coefficient (Wildman–Crippen LogP) is 2.96. The summed E-state index contributed by atoms with van der Waals surface area (Å²) in [5.74, 6) is -1.82. The zero-order chi connectivity index (χ0) is 17.8. The molecule has 6 nitrogen and oxygen atoms in total. The molecule has 0 atom stereocenters. The van der Waals surface area contributed by atoms with Gasteiger partial charge in [0.15, 0.2) is 0 Å². The smallest absolute Gasteiger partial charge is 0.225 e. The van der Waals surface area contributed by atoms with Crippen molar-refractivity contribution in [2.45, 2.75) is 13.0 Å². The average molecular weight is 346 g/mol. The van der Waals surface area contributed by atoms with E-state index in [2.05, 4.69) is 20.3 Å². The molecule has 0 radical (unpaired) electrons. The van der Waals surface area contributed by atoms with Crippen LogP contribution in [0, 0.1) is 11.6 Å². The van der Waals surface area contributed by atoms with Crippen LogP contribution in [0.4, 0.5) is 14.5 Å². The molecule has 25 heavy (non-hydrogen) atoms. The number of hydrogen-bond donors (Lipinski definition) is 1. The van der Waals surface area contributed by atoms with Crippen LogP contribution >= 0.6 is 0 Å². The van der Waals surface area contributed by atoms with E-state index in [9.17, 15) is 13.6 Å². The normalized spacial score (nSPS) is 11.2. The molecule has 0 saturated carbocycles. The summed E-state index contributed by atoms with van der Waals surface area (Å²) in [4.78, 5) is 13.9. The van der Waals surface area contributed by atoms with Gasteiger partial charge in [-0.3, -0.25) is 4.79 Å². The Hall–Kier alpha value is -2.87. The second-order valence-electron chi connectivity index (χ2n) is 5.75. The quantitative estimate of drug-likeness (QED) is 0.743. The second kappa shape index (κ2) is 7.35. The molecule has 0 aliphatic heterocycles. The number of anilines is 1. The Balaban J connectivity index is 1.51. The number of benzene rings is 2. The SMILES string of the molecule is CN(CCC(=O)Nc1ccc(F)cc1F)Cc1ccc2nonc2c1. The van der Waals surface area contributed by atoms with Crippen molar-refractivity contribution in [1.29, 1.82) is 0 Å². The van der Waals surface area contributed by atoms with E-state index in [1.54, 1.807) is 0 Å². The van der Waals surface area contributed by atoms with Crippen molar-refractivity contribution in [2.75, 3.05) is 18.9 Å². The van der Waals surface area contributed by atoms with Crippen molar-refractivity contribution < 1.29 is 18.2 Å². The zero-order valence-corrected chi connectivity index (χ0v) is 13.5. The number of aromatic nitrogens is 2. The standard InChI is InChI=1S/C17H16F2N4O2/c1-23(10-11-2-4-15-16(8-11)22-25-21-15)7-6-17(24)20-14-5-3-12(18)9-13(14)19/h2-5,8-9H,6-7,10H2,1H3,(H,20,24). The lowest BCUT2D eigenvalue weighted by molar-refractivity contribution is -0.116. The molecule has 8 heteroatoms. The van der Waals surface area contributed by atoms with Crippen LogP contribution in [-0.4, -0.2) is 34.7 Å². The molecule has 3 aromatic rings. The predicted molar refractivity (Wildman–Crippen MR) is 87.7 cm³/mol. The summed E-state index contributed by atoms with van der Waals surface area (Å²) in [7, 11) is 1.87. The van der Waals surface area contributed by atoms with E-state index in [4.69, 9.17) is 0 Å². The number of nitrogens with zero attached hydrogens (tertiary/aromatic N) is 3. The Labute approximate surface area is 142 Å². The van der Waals surface area contributed by atoms with Gasteiger partial charge in [0.25, 0.3) is 0 Å². The number of carbonyl (C=O) groups is 1. The van der Waals surface area contributed by atoms with Gasteiger partial charge in [0, 0.05) is 25.6 Å². The van der Waals surface area contributed by atoms with Crippen LogP contribution in [0.2, 0.25) is 0 Å². The van der Waals surface area contributed by atoms with Gasteiger partial charge in [-0.25, -0.2) is 13.4 Å². The lowest BCUT2D eigenvalue weighted by atomic mass is 10.2. The Bertz CT molecular complexity index is 897. The molecule has 1 N–H and O–H groups in total. The highest BCUT2D eigenvalue weighted by Crippen LogP contribution is 2.16. The summed E-state index contributed by atoms with van der Waals surface area (Å²) in [6.45, 7) is 1.09. The number of halogens is 2. The highest BCUT2D eigenvalue weighted by atomic mass is 19.1. The van der Waals surface area contributed by atoms with Gasteiger partial charge < -0.3 is 10.2 Å². The summed E-state index contributed by atoms with van der Waals surface area (Å²) in [6.07, 6.45) is 0.182. The minimum Gasteiger partial charge on any atom is -0.324 e. The van der Waals surface area contributed by atoms with E-state index >= 15 is 0 Å². The Morgan fingerprint density at radius 2 is 1.96 bits per heavy atom. The van der Waals surface area contributed by atoms with Gasteiger partial charge in [0.05, 0.1) is 5.69 Å². The number of nitrogens with one attached hydrogen (secondary N) is 1. The summed E-state index contributed by atoms with van der Waals surface area (Å²) in [5, 5.41) is 9.97. The van der Waals surface area contributed by atoms with Gasteiger partial charge >= 0.3 is 0 Å². The van der Waals surface area contributed by atoms with E-state index in [1.165, 1.54) is 6.07 Å². The van der Waals surface area contributed by atoms with Crippen molar-refractivity contribution in [3.63, 3.8) is 0 Å². The average Bonchev–Trinajstić information content (AvgIpc) is 3.03. The van der Waals surface area contributed by atoms with Crippen molar-refractivity contribution in [1.82, 2.24) is 15.2 Å². The van der Waals surface area contributed by atoms with Crippen LogP contribution in [-0.2, 0) is 11.3 Å². The molecule has 0 unspecified atom stereocenters. The fraction of sp³-hybridized carbons (Fsp3) is 0.235. The van der Waals surface area contributed by atoms with E-state index < -0.39 is 11.6 Å². The molecule has 0 aliphatic rings. The second-order valence-corrected chi connectivity index (χ2v) is 5.75. The van der Waals surface area contributed by atoms with E-state index in [1.807, 2.05) is 30.1 Å². The summed E-state index contributed by atoms with van der Waals surface area (Å²) in [5.41, 5.74) is 2.34. The van der Waals surface area contributed by atoms with Crippen LogP contribution in [0.1, 0.15) is 12.0 Å². The van der Waals surface area contributed by atoms with Crippen molar-refractivity contribution >= 4 is 22.6 Å². The van der Waals surface area contributed by atoms with E-state index in [-0.39, 0.29) is 18.0 Å². The van der Waals surface area contributed by atoms with Gasteiger partial charge in [0.1, 0.15) is 22.7 Å². The third kappa shape index (κ3) is 4.36. The van der Waals surface area contributed by atoms with Crippen LogP contribution in [0.15, 0.2) is 41.0 Å². The Kier molecular flexibility index (Phi) is 4.99. The molecule has 1 heterocycles. The number of rotatable bonds is 6. The fourth-order valence-electron chi connectivity index (χ4n) is 2.41. The molecule has 2 aromatic carbocycles. The molecule has 0 saturated heterocycles. The first-order valence-electron chi connectivity index (χ1n) is 7.66. The molecule has 0 fully saturated rings. The number of carbonyl (C=O) groups excluding carboxylic acids is 1. The first-order valence-corrected chi connectivity index (χ1v) is 7.66. The van der Waals surface area contributed by atoms with Crippen LogP contribution in [0.5, 0.6) is 0 Å². The first kappa shape index (κ1) is 17.0. The highest BCUT2D eigenvalue weighted by Gasteiger charge is 2.10. The maximum Gasteiger partial charge on any atom is 0.225 e. The van der Waals surface area contributed by atoms with Gasteiger partial charge in [-0.15, -0.1) is 0 Å². The van der Waals surface area contributed by atoms with Crippen LogP contribution in [0.3, 0.4) is 0 Å². The topological polar surface area (TPSA) is 71.3 Å². The molecular formula is C17H16F2N4O2. The summed E-state index contributed by atoms with van der Waals surface area (Å²) >= 11 is 0. The largest absolute Gasteiger partial charge is 0.324 e. The number of amides is 1. The minimum atomic E-state index is -0.795. The molecule has 1 aromatic heterocycles. The third-order valence-corrected chi connectivity index (χ3v) is 3.70. The molecule has 0 aliphatic carbocycles. The van der Waals surface area contributed by atoms with E-state index in [0.29, 0.717) is 24.1 Å². The van der Waals surface area contributed by atoms with Crippen molar-refractivity contribution in [3.05, 3.63) is 53.6 Å². The van der Waals surface area contributed by atoms with Gasteiger partial charge in [0.2, 0.25) is 5.91 Å². The van der Waals surface area contributed by atoms with E-state index in [0.717, 1.165) is 17.7 Å². The number of fused-ring (bicyclic) bond motifs is 1. The van der Waals surface area contributed by atoms with Crippen molar-refractivity contribution in [2.24, 2.45) is 0 Å². The zero-order valence-electron chi connectivity index (χ0n) is 13.5. The van der Waals surface area contributed by atoms with Crippen LogP contribution < -0.4 is 5.32 Å². The molecule has 130 valence electrons. The minimum absolute atomic E-state index is 0.0296. The highest BCUT2D eigenvalue weighted by molar-refractivity contribution is 5.90. The maximum absolute atomic E-state index is 13.5. The summed E-state index contributed by atoms with van der Waals surface area (Å²) < 4.78 is 31.0. The Morgan fingerprint density at radius 1 is 1.16 bits per heavy atom. The van der Waals surface area contributed by atoms with Gasteiger partial charge in [-0.1, -0.05) is 6.07 Å². The van der Waals surface area contributed by atoms with Gasteiger partial charge in [-0.05, 0) is 47.2 Å².